The Labute approximate surface area is 118 Å². The summed E-state index contributed by atoms with van der Waals surface area (Å²) in [5.41, 5.74) is 0.864. The highest BCUT2D eigenvalue weighted by atomic mass is 19.1. The summed E-state index contributed by atoms with van der Waals surface area (Å²) in [4.78, 5) is 11.0. The van der Waals surface area contributed by atoms with Gasteiger partial charge in [0.05, 0.1) is 11.3 Å². The fourth-order valence-corrected chi connectivity index (χ4v) is 2.49. The van der Waals surface area contributed by atoms with Crippen LogP contribution in [0.15, 0.2) is 18.2 Å². The minimum Gasteiger partial charge on any atom is -0.382 e. The van der Waals surface area contributed by atoms with E-state index in [0.717, 1.165) is 18.5 Å². The number of rotatable bonds is 3. The zero-order valence-corrected chi connectivity index (χ0v) is 12.1. The number of nitrogens with one attached hydrogen (secondary N) is 2. The van der Waals surface area contributed by atoms with Crippen LogP contribution in [0.5, 0.6) is 0 Å². The van der Waals surface area contributed by atoms with Gasteiger partial charge in [-0.15, -0.1) is 0 Å². The molecule has 0 saturated carbocycles. The van der Waals surface area contributed by atoms with Gasteiger partial charge in [0.1, 0.15) is 5.82 Å². The highest BCUT2D eigenvalue weighted by Crippen LogP contribution is 2.27. The number of benzene rings is 1. The van der Waals surface area contributed by atoms with Crippen molar-refractivity contribution in [2.45, 2.75) is 45.3 Å². The van der Waals surface area contributed by atoms with E-state index in [0.29, 0.717) is 6.61 Å². The zero-order chi connectivity index (χ0) is 14.8. The lowest BCUT2D eigenvalue weighted by Gasteiger charge is -2.36. The third kappa shape index (κ3) is 3.93. The Balaban J connectivity index is 2.07. The molecule has 1 unspecified atom stereocenters. The molecule has 5 heteroatoms. The molecule has 2 N–H and O–H groups in total. The van der Waals surface area contributed by atoms with Crippen LogP contribution in [0, 0.1) is 5.82 Å². The van der Waals surface area contributed by atoms with Gasteiger partial charge in [-0.3, -0.25) is 4.79 Å². The lowest BCUT2D eigenvalue weighted by Crippen LogP contribution is -2.40. The summed E-state index contributed by atoms with van der Waals surface area (Å²) in [7, 11) is 0. The van der Waals surface area contributed by atoms with Gasteiger partial charge in [0.15, 0.2) is 0 Å². The second-order valence-electron chi connectivity index (χ2n) is 5.82. The number of carbonyl (C=O) groups excluding carboxylic acids is 1. The van der Waals surface area contributed by atoms with Crippen LogP contribution < -0.4 is 10.6 Å². The summed E-state index contributed by atoms with van der Waals surface area (Å²) >= 11 is 0. The molecule has 0 aromatic heterocycles. The third-order valence-corrected chi connectivity index (χ3v) is 3.34. The maximum absolute atomic E-state index is 13.6. The third-order valence-electron chi connectivity index (χ3n) is 3.34. The molecule has 1 saturated heterocycles. The predicted molar refractivity (Wildman–Crippen MR) is 77.4 cm³/mol. The Hall–Kier alpha value is -1.62. The smallest absolute Gasteiger partial charge is 0.221 e. The molecule has 1 aliphatic rings. The van der Waals surface area contributed by atoms with Crippen LogP contribution in [0.2, 0.25) is 0 Å². The Kier molecular flexibility index (Phi) is 4.28. The minimum atomic E-state index is -0.432. The normalized spacial score (nSPS) is 21.3. The van der Waals surface area contributed by atoms with Gasteiger partial charge in [-0.25, -0.2) is 4.39 Å². The van der Waals surface area contributed by atoms with Crippen molar-refractivity contribution in [1.29, 1.82) is 0 Å². The van der Waals surface area contributed by atoms with Gasteiger partial charge in [0, 0.05) is 25.3 Å². The van der Waals surface area contributed by atoms with Crippen LogP contribution in [0.4, 0.5) is 15.8 Å². The van der Waals surface area contributed by atoms with Crippen LogP contribution in [0.1, 0.15) is 33.6 Å². The summed E-state index contributed by atoms with van der Waals surface area (Å²) in [5.74, 6) is -0.716. The number of hydrogen-bond donors (Lipinski definition) is 2. The first-order chi connectivity index (χ1) is 9.35. The molecule has 0 radical (unpaired) electrons. The Morgan fingerprint density at radius 2 is 2.20 bits per heavy atom. The maximum Gasteiger partial charge on any atom is 0.221 e. The number of hydrogen-bond acceptors (Lipinski definition) is 3. The van der Waals surface area contributed by atoms with E-state index in [1.54, 1.807) is 12.1 Å². The van der Waals surface area contributed by atoms with Gasteiger partial charge in [-0.05, 0) is 44.9 Å². The van der Waals surface area contributed by atoms with E-state index in [9.17, 15) is 9.18 Å². The topological polar surface area (TPSA) is 50.4 Å². The largest absolute Gasteiger partial charge is 0.382 e. The van der Waals surface area contributed by atoms with Crippen molar-refractivity contribution in [3.63, 3.8) is 0 Å². The summed E-state index contributed by atoms with van der Waals surface area (Å²) < 4.78 is 19.2. The summed E-state index contributed by atoms with van der Waals surface area (Å²) in [6.45, 7) is 6.20. The van der Waals surface area contributed by atoms with Crippen molar-refractivity contribution in [2.24, 2.45) is 0 Å². The Morgan fingerprint density at radius 1 is 1.45 bits per heavy atom. The van der Waals surface area contributed by atoms with E-state index in [1.165, 1.54) is 13.0 Å². The highest BCUT2D eigenvalue weighted by molar-refractivity contribution is 5.89. The monoisotopic (exact) mass is 280 g/mol. The molecule has 1 amide bonds. The number of amides is 1. The van der Waals surface area contributed by atoms with Gasteiger partial charge in [-0.2, -0.15) is 0 Å². The lowest BCUT2D eigenvalue weighted by molar-refractivity contribution is -0.114. The molecular formula is C15H21FN2O2. The molecule has 1 fully saturated rings. The van der Waals surface area contributed by atoms with Gasteiger partial charge in [0.2, 0.25) is 5.91 Å². The standard InChI is InChI=1S/C15H21FN2O2/c1-10(19)17-14-8-11(4-5-13(14)16)18-12-6-7-20-15(2,3)9-12/h4-5,8,12,18H,6-7,9H2,1-3H3,(H,17,19). The van der Waals surface area contributed by atoms with E-state index in [1.807, 2.05) is 0 Å². The molecule has 4 nitrogen and oxygen atoms in total. The molecule has 1 aromatic rings. The van der Waals surface area contributed by atoms with E-state index >= 15 is 0 Å². The van der Waals surface area contributed by atoms with Crippen LogP contribution in [-0.2, 0) is 9.53 Å². The fourth-order valence-electron chi connectivity index (χ4n) is 2.49. The fraction of sp³-hybridized carbons (Fsp3) is 0.533. The number of halogens is 1. The quantitative estimate of drug-likeness (QED) is 0.894. The molecule has 1 aliphatic heterocycles. The van der Waals surface area contributed by atoms with E-state index < -0.39 is 5.82 Å². The molecule has 1 heterocycles. The van der Waals surface area contributed by atoms with Crippen molar-refractivity contribution < 1.29 is 13.9 Å². The van der Waals surface area contributed by atoms with Gasteiger partial charge in [0.25, 0.3) is 0 Å². The molecule has 1 aromatic carbocycles. The predicted octanol–water partition coefficient (Wildman–Crippen LogP) is 3.15. The summed E-state index contributed by atoms with van der Waals surface area (Å²) in [5, 5.41) is 5.87. The second-order valence-corrected chi connectivity index (χ2v) is 5.82. The van der Waals surface area contributed by atoms with Gasteiger partial charge in [-0.1, -0.05) is 0 Å². The average molecular weight is 280 g/mol. The molecular weight excluding hydrogens is 259 g/mol. The number of carbonyl (C=O) groups is 1. The van der Waals surface area contributed by atoms with Crippen LogP contribution in [0.3, 0.4) is 0 Å². The van der Waals surface area contributed by atoms with Crippen LogP contribution >= 0.6 is 0 Å². The van der Waals surface area contributed by atoms with Gasteiger partial charge >= 0.3 is 0 Å². The average Bonchev–Trinajstić information content (AvgIpc) is 2.31. The van der Waals surface area contributed by atoms with Crippen molar-refractivity contribution in [3.05, 3.63) is 24.0 Å². The van der Waals surface area contributed by atoms with E-state index in [-0.39, 0.29) is 23.2 Å². The van der Waals surface area contributed by atoms with Gasteiger partial charge < -0.3 is 15.4 Å². The first kappa shape index (κ1) is 14.8. The number of anilines is 2. The summed E-state index contributed by atoms with van der Waals surface area (Å²) in [6, 6.07) is 4.95. The van der Waals surface area contributed by atoms with Crippen LogP contribution in [-0.4, -0.2) is 24.2 Å². The minimum absolute atomic E-state index is 0.142. The summed E-state index contributed by atoms with van der Waals surface area (Å²) in [6.07, 6.45) is 1.80. The first-order valence-corrected chi connectivity index (χ1v) is 6.83. The molecule has 1 atom stereocenters. The number of ether oxygens (including phenoxy) is 1. The zero-order valence-electron chi connectivity index (χ0n) is 12.1. The Bertz CT molecular complexity index is 503. The first-order valence-electron chi connectivity index (χ1n) is 6.83. The van der Waals surface area contributed by atoms with Crippen LogP contribution in [0.25, 0.3) is 0 Å². The highest BCUT2D eigenvalue weighted by Gasteiger charge is 2.28. The van der Waals surface area contributed by atoms with Crippen molar-refractivity contribution >= 4 is 17.3 Å². The van der Waals surface area contributed by atoms with E-state index in [2.05, 4.69) is 24.5 Å². The van der Waals surface area contributed by atoms with E-state index in [4.69, 9.17) is 4.74 Å². The van der Waals surface area contributed by atoms with Crippen molar-refractivity contribution in [1.82, 2.24) is 0 Å². The van der Waals surface area contributed by atoms with Crippen molar-refractivity contribution in [2.75, 3.05) is 17.2 Å². The lowest BCUT2D eigenvalue weighted by atomic mass is 9.94. The SMILES string of the molecule is CC(=O)Nc1cc(NC2CCOC(C)(C)C2)ccc1F. The Morgan fingerprint density at radius 3 is 2.85 bits per heavy atom. The molecule has 20 heavy (non-hydrogen) atoms. The molecule has 0 bridgehead atoms. The molecule has 110 valence electrons. The maximum atomic E-state index is 13.6. The molecule has 2 rings (SSSR count). The molecule has 0 aliphatic carbocycles. The van der Waals surface area contributed by atoms with Crippen molar-refractivity contribution in [3.8, 4) is 0 Å². The second kappa shape index (κ2) is 5.79. The molecule has 0 spiro atoms.